The fourth-order valence-corrected chi connectivity index (χ4v) is 2.77. The number of fused-ring (bicyclic) bond motifs is 1. The molecule has 2 aromatic carbocycles. The molecule has 4 nitrogen and oxygen atoms in total. The third-order valence-electron chi connectivity index (χ3n) is 3.97. The van der Waals surface area contributed by atoms with Crippen molar-refractivity contribution in [2.24, 2.45) is 5.73 Å². The first-order chi connectivity index (χ1) is 10.1. The number of carbonyl (C=O) groups excluding carboxylic acids is 1. The van der Waals surface area contributed by atoms with Gasteiger partial charge in [0.25, 0.3) is 0 Å². The molecule has 4 heteroatoms. The molecule has 1 unspecified atom stereocenters. The van der Waals surface area contributed by atoms with Crippen molar-refractivity contribution in [1.29, 1.82) is 0 Å². The monoisotopic (exact) mass is 282 g/mol. The molecule has 1 amide bonds. The first-order valence-electron chi connectivity index (χ1n) is 6.93. The van der Waals surface area contributed by atoms with Crippen LogP contribution < -0.4 is 11.1 Å². The van der Waals surface area contributed by atoms with Gasteiger partial charge in [-0.25, -0.2) is 0 Å². The highest BCUT2D eigenvalue weighted by atomic mass is 16.5. The molecule has 1 aliphatic heterocycles. The van der Waals surface area contributed by atoms with Crippen LogP contribution in [0.1, 0.15) is 16.7 Å². The Bertz CT molecular complexity index is 684. The zero-order valence-corrected chi connectivity index (χ0v) is 11.9. The number of ether oxygens (including phenoxy) is 1. The number of hydrogen-bond donors (Lipinski definition) is 2. The molecule has 3 rings (SSSR count). The highest BCUT2D eigenvalue weighted by Gasteiger charge is 2.43. The third kappa shape index (κ3) is 2.28. The van der Waals surface area contributed by atoms with Crippen LogP contribution in [0.4, 0.5) is 5.69 Å². The first kappa shape index (κ1) is 13.6. The average molecular weight is 282 g/mol. The van der Waals surface area contributed by atoms with Crippen molar-refractivity contribution in [2.45, 2.75) is 19.1 Å². The zero-order chi connectivity index (χ0) is 14.9. The number of carbonyl (C=O) groups is 1. The van der Waals surface area contributed by atoms with Crippen LogP contribution in [-0.2, 0) is 21.7 Å². The van der Waals surface area contributed by atoms with Gasteiger partial charge in [0.15, 0.2) is 5.54 Å². The summed E-state index contributed by atoms with van der Waals surface area (Å²) in [6, 6.07) is 15.6. The number of aryl methyl sites for hydroxylation is 1. The largest absolute Gasteiger partial charge is 0.373 e. The van der Waals surface area contributed by atoms with E-state index in [0.29, 0.717) is 6.61 Å². The lowest BCUT2D eigenvalue weighted by Crippen LogP contribution is -2.53. The van der Waals surface area contributed by atoms with Crippen LogP contribution in [0.5, 0.6) is 0 Å². The van der Waals surface area contributed by atoms with Crippen LogP contribution in [0.15, 0.2) is 48.5 Å². The molecule has 21 heavy (non-hydrogen) atoms. The van der Waals surface area contributed by atoms with Crippen molar-refractivity contribution >= 4 is 11.6 Å². The van der Waals surface area contributed by atoms with Gasteiger partial charge in [0.1, 0.15) is 0 Å². The minimum atomic E-state index is -1.03. The number of benzene rings is 2. The van der Waals surface area contributed by atoms with Crippen molar-refractivity contribution in [1.82, 2.24) is 0 Å². The van der Waals surface area contributed by atoms with Crippen LogP contribution >= 0.6 is 0 Å². The predicted molar refractivity (Wildman–Crippen MR) is 81.8 cm³/mol. The van der Waals surface area contributed by atoms with Crippen LogP contribution in [-0.4, -0.2) is 12.5 Å². The Morgan fingerprint density at radius 1 is 1.19 bits per heavy atom. The van der Waals surface area contributed by atoms with E-state index in [1.54, 1.807) is 0 Å². The second kappa shape index (κ2) is 5.22. The molecule has 0 fully saturated rings. The topological polar surface area (TPSA) is 64.3 Å². The van der Waals surface area contributed by atoms with Gasteiger partial charge in [0.2, 0.25) is 5.91 Å². The molecule has 0 aromatic heterocycles. The lowest BCUT2D eigenvalue weighted by atomic mass is 9.84. The summed E-state index contributed by atoms with van der Waals surface area (Å²) in [4.78, 5) is 12.2. The minimum absolute atomic E-state index is 0.230. The van der Waals surface area contributed by atoms with Gasteiger partial charge < -0.3 is 15.8 Å². The number of para-hydroxylation sites is 1. The van der Waals surface area contributed by atoms with Gasteiger partial charge >= 0.3 is 0 Å². The Labute approximate surface area is 123 Å². The third-order valence-corrected chi connectivity index (χ3v) is 3.97. The van der Waals surface area contributed by atoms with E-state index in [-0.39, 0.29) is 6.61 Å². The predicted octanol–water partition coefficient (Wildman–Crippen LogP) is 2.32. The Morgan fingerprint density at radius 3 is 2.67 bits per heavy atom. The van der Waals surface area contributed by atoms with Crippen molar-refractivity contribution in [2.75, 3.05) is 11.9 Å². The summed E-state index contributed by atoms with van der Waals surface area (Å²) in [5.41, 5.74) is 8.53. The van der Waals surface area contributed by atoms with Gasteiger partial charge in [0.05, 0.1) is 13.2 Å². The molecule has 1 heterocycles. The van der Waals surface area contributed by atoms with Crippen molar-refractivity contribution < 1.29 is 9.53 Å². The molecule has 0 bridgehead atoms. The van der Waals surface area contributed by atoms with Gasteiger partial charge in [-0.3, -0.25) is 4.79 Å². The zero-order valence-electron chi connectivity index (χ0n) is 11.9. The summed E-state index contributed by atoms with van der Waals surface area (Å²) in [6.07, 6.45) is 0. The maximum absolute atomic E-state index is 12.2. The molecule has 3 N–H and O–H groups in total. The lowest BCUT2D eigenvalue weighted by Gasteiger charge is -2.38. The Balaban J connectivity index is 2.11. The normalized spacial score (nSPS) is 20.6. The van der Waals surface area contributed by atoms with E-state index in [1.165, 1.54) is 0 Å². The Morgan fingerprint density at radius 2 is 1.90 bits per heavy atom. The van der Waals surface area contributed by atoms with E-state index in [4.69, 9.17) is 10.5 Å². The second-order valence-corrected chi connectivity index (χ2v) is 5.36. The van der Waals surface area contributed by atoms with Gasteiger partial charge in [-0.2, -0.15) is 0 Å². The fourth-order valence-electron chi connectivity index (χ4n) is 2.77. The second-order valence-electron chi connectivity index (χ2n) is 5.36. The maximum Gasteiger partial charge on any atom is 0.250 e. The summed E-state index contributed by atoms with van der Waals surface area (Å²) in [5, 5.41) is 3.32. The maximum atomic E-state index is 12.2. The van der Waals surface area contributed by atoms with E-state index in [9.17, 15) is 4.79 Å². The highest BCUT2D eigenvalue weighted by molar-refractivity contribution is 5.90. The van der Waals surface area contributed by atoms with Crippen molar-refractivity contribution in [3.05, 3.63) is 65.2 Å². The molecule has 108 valence electrons. The molecule has 1 aliphatic rings. The summed E-state index contributed by atoms with van der Waals surface area (Å²) < 4.78 is 5.62. The Kier molecular flexibility index (Phi) is 3.39. The molecule has 1 atom stereocenters. The van der Waals surface area contributed by atoms with E-state index >= 15 is 0 Å². The molecule has 0 aliphatic carbocycles. The van der Waals surface area contributed by atoms with Crippen LogP contribution in [0.25, 0.3) is 0 Å². The summed E-state index contributed by atoms with van der Waals surface area (Å²) >= 11 is 0. The van der Waals surface area contributed by atoms with Crippen LogP contribution in [0.3, 0.4) is 0 Å². The summed E-state index contributed by atoms with van der Waals surface area (Å²) in [5.74, 6) is -0.432. The average Bonchev–Trinajstić information content (AvgIpc) is 2.49. The molecule has 0 radical (unpaired) electrons. The number of nitrogens with two attached hydrogens (primary N) is 1. The van der Waals surface area contributed by atoms with Crippen molar-refractivity contribution in [3.63, 3.8) is 0 Å². The van der Waals surface area contributed by atoms with Gasteiger partial charge in [-0.1, -0.05) is 42.5 Å². The standard InChI is InChI=1S/C17H18N2O2/c1-12-6-2-5-9-15(12)19-17(16(18)20)11-21-10-13-7-3-4-8-14(13)17/h2-9,19H,10-11H2,1H3,(H2,18,20). The van der Waals surface area contributed by atoms with Gasteiger partial charge in [0, 0.05) is 5.69 Å². The SMILES string of the molecule is Cc1ccccc1NC1(C(N)=O)COCc2ccccc21. The number of hydrogen-bond acceptors (Lipinski definition) is 3. The minimum Gasteiger partial charge on any atom is -0.373 e. The van der Waals surface area contributed by atoms with Crippen LogP contribution in [0.2, 0.25) is 0 Å². The summed E-state index contributed by atoms with van der Waals surface area (Å²) in [7, 11) is 0. The highest BCUT2D eigenvalue weighted by Crippen LogP contribution is 2.34. The van der Waals surface area contributed by atoms with E-state index in [2.05, 4.69) is 5.32 Å². The first-order valence-corrected chi connectivity index (χ1v) is 6.93. The smallest absolute Gasteiger partial charge is 0.250 e. The number of amides is 1. The van der Waals surface area contributed by atoms with E-state index in [1.807, 2.05) is 55.5 Å². The van der Waals surface area contributed by atoms with E-state index < -0.39 is 11.4 Å². The fraction of sp³-hybridized carbons (Fsp3) is 0.235. The number of nitrogens with one attached hydrogen (secondary N) is 1. The van der Waals surface area contributed by atoms with Crippen molar-refractivity contribution in [3.8, 4) is 0 Å². The lowest BCUT2D eigenvalue weighted by molar-refractivity contribution is -0.125. The van der Waals surface area contributed by atoms with Crippen LogP contribution in [0, 0.1) is 6.92 Å². The quantitative estimate of drug-likeness (QED) is 0.908. The molecular formula is C17H18N2O2. The number of rotatable bonds is 3. The molecule has 0 saturated heterocycles. The summed E-state index contributed by atoms with van der Waals surface area (Å²) in [6.45, 7) is 2.72. The number of anilines is 1. The molecule has 0 spiro atoms. The van der Waals surface area contributed by atoms with Gasteiger partial charge in [-0.05, 0) is 29.7 Å². The Hall–Kier alpha value is -2.33. The molecule has 2 aromatic rings. The van der Waals surface area contributed by atoms with Gasteiger partial charge in [-0.15, -0.1) is 0 Å². The molecular weight excluding hydrogens is 264 g/mol. The molecule has 0 saturated carbocycles. The van der Waals surface area contributed by atoms with E-state index in [0.717, 1.165) is 22.4 Å². The number of primary amides is 1.